The Bertz CT molecular complexity index is 946. The predicted molar refractivity (Wildman–Crippen MR) is 101 cm³/mol. The van der Waals surface area contributed by atoms with Gasteiger partial charge < -0.3 is 10.6 Å². The van der Waals surface area contributed by atoms with E-state index in [0.29, 0.717) is 16.8 Å². The van der Waals surface area contributed by atoms with E-state index in [-0.39, 0.29) is 24.1 Å². The van der Waals surface area contributed by atoms with Crippen molar-refractivity contribution in [2.45, 2.75) is 6.92 Å². The van der Waals surface area contributed by atoms with Gasteiger partial charge in [-0.3, -0.25) is 14.4 Å². The second-order valence-corrected chi connectivity index (χ2v) is 5.86. The monoisotopic (exact) mass is 362 g/mol. The van der Waals surface area contributed by atoms with Crippen LogP contribution in [0.25, 0.3) is 5.69 Å². The van der Waals surface area contributed by atoms with E-state index < -0.39 is 0 Å². The molecule has 0 aliphatic rings. The fraction of sp³-hybridized carbons (Fsp3) is 0.100. The highest BCUT2D eigenvalue weighted by atomic mass is 16.2. The topological polar surface area (TPSA) is 93.1 Å². The van der Waals surface area contributed by atoms with E-state index in [9.17, 15) is 14.4 Å². The van der Waals surface area contributed by atoms with Crippen LogP contribution in [-0.2, 0) is 4.79 Å². The third-order valence-corrected chi connectivity index (χ3v) is 3.88. The molecule has 0 aliphatic heterocycles. The first-order chi connectivity index (χ1) is 13.0. The van der Waals surface area contributed by atoms with Crippen LogP contribution in [0.5, 0.6) is 0 Å². The van der Waals surface area contributed by atoms with Gasteiger partial charge in [0.2, 0.25) is 5.91 Å². The molecule has 3 aromatic rings. The maximum absolute atomic E-state index is 12.1. The fourth-order valence-corrected chi connectivity index (χ4v) is 2.44. The molecule has 1 heterocycles. The van der Waals surface area contributed by atoms with E-state index in [1.807, 2.05) is 24.4 Å². The SMILES string of the molecule is CC(=O)c1ccc(C(=O)NCC(=O)Nc2ccc(-n3cccn3)cc2)cc1. The fourth-order valence-electron chi connectivity index (χ4n) is 2.44. The highest BCUT2D eigenvalue weighted by molar-refractivity contribution is 6.00. The third kappa shape index (κ3) is 4.66. The molecule has 136 valence electrons. The minimum absolute atomic E-state index is 0.0695. The summed E-state index contributed by atoms with van der Waals surface area (Å²) in [5.41, 5.74) is 2.41. The van der Waals surface area contributed by atoms with Gasteiger partial charge in [-0.1, -0.05) is 12.1 Å². The summed E-state index contributed by atoms with van der Waals surface area (Å²) in [4.78, 5) is 35.3. The first-order valence-electron chi connectivity index (χ1n) is 8.32. The number of Topliss-reactive ketones (excluding diaryl/α,β-unsaturated/α-hetero) is 1. The summed E-state index contributed by atoms with van der Waals surface area (Å²) in [6, 6.07) is 15.3. The van der Waals surface area contributed by atoms with Crippen molar-refractivity contribution in [3.8, 4) is 5.69 Å². The van der Waals surface area contributed by atoms with Gasteiger partial charge in [0.15, 0.2) is 5.78 Å². The number of benzene rings is 2. The van der Waals surface area contributed by atoms with E-state index in [4.69, 9.17) is 0 Å². The molecular formula is C20H18N4O3. The van der Waals surface area contributed by atoms with Crippen LogP contribution in [0.15, 0.2) is 67.0 Å². The summed E-state index contributed by atoms with van der Waals surface area (Å²) >= 11 is 0. The first kappa shape index (κ1) is 18.1. The molecule has 0 unspecified atom stereocenters. The molecule has 27 heavy (non-hydrogen) atoms. The molecule has 0 atom stereocenters. The molecule has 2 N–H and O–H groups in total. The molecule has 0 saturated carbocycles. The van der Waals surface area contributed by atoms with Crippen LogP contribution < -0.4 is 10.6 Å². The van der Waals surface area contributed by atoms with Crippen molar-refractivity contribution in [2.24, 2.45) is 0 Å². The van der Waals surface area contributed by atoms with Crippen LogP contribution in [0, 0.1) is 0 Å². The number of anilines is 1. The van der Waals surface area contributed by atoms with Crippen molar-refractivity contribution in [1.82, 2.24) is 15.1 Å². The number of rotatable bonds is 6. The molecule has 0 spiro atoms. The molecular weight excluding hydrogens is 344 g/mol. The Labute approximate surface area is 156 Å². The van der Waals surface area contributed by atoms with Crippen LogP contribution in [0.4, 0.5) is 5.69 Å². The number of nitrogens with zero attached hydrogens (tertiary/aromatic N) is 2. The van der Waals surface area contributed by atoms with E-state index >= 15 is 0 Å². The van der Waals surface area contributed by atoms with Gasteiger partial charge in [-0.15, -0.1) is 0 Å². The zero-order chi connectivity index (χ0) is 19.2. The van der Waals surface area contributed by atoms with Crippen molar-refractivity contribution >= 4 is 23.3 Å². The lowest BCUT2D eigenvalue weighted by molar-refractivity contribution is -0.115. The van der Waals surface area contributed by atoms with Gasteiger partial charge in [-0.05, 0) is 49.4 Å². The normalized spacial score (nSPS) is 10.3. The summed E-state index contributed by atoms with van der Waals surface area (Å²) in [5, 5.41) is 9.40. The van der Waals surface area contributed by atoms with E-state index in [1.165, 1.54) is 6.92 Å². The smallest absolute Gasteiger partial charge is 0.251 e. The van der Waals surface area contributed by atoms with Gasteiger partial charge in [0.25, 0.3) is 5.91 Å². The molecule has 0 bridgehead atoms. The quantitative estimate of drug-likeness (QED) is 0.659. The number of hydrogen-bond donors (Lipinski definition) is 2. The number of nitrogens with one attached hydrogen (secondary N) is 2. The molecule has 0 fully saturated rings. The molecule has 2 amide bonds. The lowest BCUT2D eigenvalue weighted by Gasteiger charge is -2.08. The standard InChI is InChI=1S/C20H18N4O3/c1-14(25)15-3-5-16(6-4-15)20(27)21-13-19(26)23-17-7-9-18(10-8-17)24-12-2-11-22-24/h2-12H,13H2,1H3,(H,21,27)(H,23,26). The van der Waals surface area contributed by atoms with E-state index in [1.54, 1.807) is 47.3 Å². The maximum Gasteiger partial charge on any atom is 0.251 e. The minimum atomic E-state index is -0.380. The number of amides is 2. The van der Waals surface area contributed by atoms with E-state index in [0.717, 1.165) is 5.69 Å². The highest BCUT2D eigenvalue weighted by Crippen LogP contribution is 2.12. The van der Waals surface area contributed by atoms with Crippen molar-refractivity contribution in [2.75, 3.05) is 11.9 Å². The van der Waals surface area contributed by atoms with Crippen molar-refractivity contribution in [3.05, 3.63) is 78.1 Å². The van der Waals surface area contributed by atoms with Crippen LogP contribution in [0.2, 0.25) is 0 Å². The number of carbonyl (C=O) groups excluding carboxylic acids is 3. The van der Waals surface area contributed by atoms with Crippen LogP contribution in [0.3, 0.4) is 0 Å². The average molecular weight is 362 g/mol. The molecule has 2 aromatic carbocycles. The Kier molecular flexibility index (Phi) is 5.41. The van der Waals surface area contributed by atoms with Gasteiger partial charge in [0.05, 0.1) is 12.2 Å². The minimum Gasteiger partial charge on any atom is -0.343 e. The highest BCUT2D eigenvalue weighted by Gasteiger charge is 2.09. The number of aromatic nitrogens is 2. The van der Waals surface area contributed by atoms with Gasteiger partial charge in [0.1, 0.15) is 0 Å². The van der Waals surface area contributed by atoms with E-state index in [2.05, 4.69) is 15.7 Å². The zero-order valence-corrected chi connectivity index (χ0v) is 14.7. The Hall–Kier alpha value is -3.74. The summed E-state index contributed by atoms with van der Waals surface area (Å²) in [6.07, 6.45) is 3.51. The molecule has 3 rings (SSSR count). The maximum atomic E-state index is 12.1. The van der Waals surface area contributed by atoms with Gasteiger partial charge >= 0.3 is 0 Å². The third-order valence-electron chi connectivity index (χ3n) is 3.88. The molecule has 0 aliphatic carbocycles. The van der Waals surface area contributed by atoms with Gasteiger partial charge in [-0.25, -0.2) is 4.68 Å². The van der Waals surface area contributed by atoms with Crippen molar-refractivity contribution < 1.29 is 14.4 Å². The summed E-state index contributed by atoms with van der Waals surface area (Å²) in [6.45, 7) is 1.30. The van der Waals surface area contributed by atoms with Crippen molar-refractivity contribution in [3.63, 3.8) is 0 Å². The largest absolute Gasteiger partial charge is 0.343 e. The second kappa shape index (κ2) is 8.09. The molecule has 7 nitrogen and oxygen atoms in total. The number of ketones is 1. The average Bonchev–Trinajstić information content (AvgIpc) is 3.21. The summed E-state index contributed by atoms with van der Waals surface area (Å²) in [5.74, 6) is -0.787. The Morgan fingerprint density at radius 1 is 0.963 bits per heavy atom. The van der Waals surface area contributed by atoms with Crippen LogP contribution in [0.1, 0.15) is 27.6 Å². The molecule has 1 aromatic heterocycles. The Morgan fingerprint density at radius 3 is 2.22 bits per heavy atom. The van der Waals surface area contributed by atoms with Gasteiger partial charge in [-0.2, -0.15) is 5.10 Å². The zero-order valence-electron chi connectivity index (χ0n) is 14.7. The second-order valence-electron chi connectivity index (χ2n) is 5.86. The Morgan fingerprint density at radius 2 is 1.63 bits per heavy atom. The van der Waals surface area contributed by atoms with Gasteiger partial charge in [0, 0.05) is 29.2 Å². The van der Waals surface area contributed by atoms with Crippen LogP contribution in [-0.4, -0.2) is 33.9 Å². The van der Waals surface area contributed by atoms with Crippen LogP contribution >= 0.6 is 0 Å². The Balaban J connectivity index is 1.51. The first-order valence-corrected chi connectivity index (χ1v) is 8.32. The number of hydrogen-bond acceptors (Lipinski definition) is 4. The predicted octanol–water partition coefficient (Wildman–Crippen LogP) is 2.44. The number of carbonyl (C=O) groups is 3. The molecule has 7 heteroatoms. The molecule has 0 radical (unpaired) electrons. The summed E-state index contributed by atoms with van der Waals surface area (Å²) in [7, 11) is 0. The summed E-state index contributed by atoms with van der Waals surface area (Å²) < 4.78 is 1.71. The van der Waals surface area contributed by atoms with Crippen molar-refractivity contribution in [1.29, 1.82) is 0 Å². The lowest BCUT2D eigenvalue weighted by atomic mass is 10.1. The molecule has 0 saturated heterocycles. The lowest BCUT2D eigenvalue weighted by Crippen LogP contribution is -2.32.